The maximum atomic E-state index is 11.8. The van der Waals surface area contributed by atoms with Gasteiger partial charge in [0.1, 0.15) is 0 Å². The molecule has 0 saturated carbocycles. The predicted molar refractivity (Wildman–Crippen MR) is 70.0 cm³/mol. The van der Waals surface area contributed by atoms with Crippen molar-refractivity contribution in [2.75, 3.05) is 6.61 Å². The van der Waals surface area contributed by atoms with Gasteiger partial charge in [0.15, 0.2) is 0 Å². The number of pyridine rings is 1. The van der Waals surface area contributed by atoms with Gasteiger partial charge in [-0.1, -0.05) is 19.9 Å². The van der Waals surface area contributed by atoms with Crippen LogP contribution < -0.4 is 5.48 Å². The fourth-order valence-electron chi connectivity index (χ4n) is 1.55. The molecule has 0 atom stereocenters. The minimum atomic E-state index is -0.235. The highest BCUT2D eigenvalue weighted by molar-refractivity contribution is 5.97. The zero-order valence-corrected chi connectivity index (χ0v) is 10.5. The second kappa shape index (κ2) is 5.60. The van der Waals surface area contributed by atoms with E-state index >= 15 is 0 Å². The fourth-order valence-corrected chi connectivity index (χ4v) is 1.55. The fraction of sp³-hybridized carbons (Fsp3) is 0.286. The van der Waals surface area contributed by atoms with Crippen LogP contribution in [0.1, 0.15) is 24.2 Å². The van der Waals surface area contributed by atoms with Crippen LogP contribution in [0.15, 0.2) is 36.5 Å². The number of nitrogens with zero attached hydrogens (tertiary/aromatic N) is 1. The Morgan fingerprint density at radius 3 is 3.00 bits per heavy atom. The minimum absolute atomic E-state index is 0.235. The number of carbonyl (C=O) groups excluding carboxylic acids is 1. The zero-order chi connectivity index (χ0) is 13.0. The number of hydrogen-bond acceptors (Lipinski definition) is 3. The molecule has 0 fully saturated rings. The molecule has 0 aliphatic rings. The van der Waals surface area contributed by atoms with E-state index in [1.165, 1.54) is 0 Å². The lowest BCUT2D eigenvalue weighted by Crippen LogP contribution is -2.25. The summed E-state index contributed by atoms with van der Waals surface area (Å²) >= 11 is 0. The molecule has 1 amide bonds. The minimum Gasteiger partial charge on any atom is -0.273 e. The monoisotopic (exact) mass is 244 g/mol. The summed E-state index contributed by atoms with van der Waals surface area (Å²) in [5.74, 6) is 0.146. The molecule has 1 N–H and O–H groups in total. The van der Waals surface area contributed by atoms with Gasteiger partial charge in [0.05, 0.1) is 12.1 Å². The first-order chi connectivity index (χ1) is 8.66. The molecule has 1 heterocycles. The number of benzene rings is 1. The van der Waals surface area contributed by atoms with Crippen LogP contribution in [0.2, 0.25) is 0 Å². The molecule has 18 heavy (non-hydrogen) atoms. The van der Waals surface area contributed by atoms with E-state index in [1.54, 1.807) is 18.3 Å². The Labute approximate surface area is 106 Å². The second-order valence-corrected chi connectivity index (χ2v) is 4.55. The molecular weight excluding hydrogens is 228 g/mol. The van der Waals surface area contributed by atoms with Gasteiger partial charge in [-0.3, -0.25) is 14.6 Å². The molecule has 2 aromatic rings. The van der Waals surface area contributed by atoms with Crippen LogP contribution in [0, 0.1) is 5.92 Å². The highest BCUT2D eigenvalue weighted by atomic mass is 16.6. The first-order valence-electron chi connectivity index (χ1n) is 5.94. The average molecular weight is 244 g/mol. The Morgan fingerprint density at radius 2 is 2.22 bits per heavy atom. The van der Waals surface area contributed by atoms with Crippen LogP contribution in [-0.2, 0) is 4.84 Å². The molecule has 0 aliphatic heterocycles. The number of aromatic nitrogens is 1. The lowest BCUT2D eigenvalue weighted by molar-refractivity contribution is 0.0209. The number of nitrogens with one attached hydrogen (secondary N) is 1. The molecule has 4 heteroatoms. The van der Waals surface area contributed by atoms with Crippen molar-refractivity contribution in [1.82, 2.24) is 10.5 Å². The SMILES string of the molecule is CC(C)CONC(=O)c1ccc2ncccc2c1. The Morgan fingerprint density at radius 1 is 1.39 bits per heavy atom. The molecule has 94 valence electrons. The van der Waals surface area contributed by atoms with E-state index in [2.05, 4.69) is 10.5 Å². The standard InChI is InChI=1S/C14H16N2O2/c1-10(2)9-18-16-14(17)12-5-6-13-11(8-12)4-3-7-15-13/h3-8,10H,9H2,1-2H3,(H,16,17). The van der Waals surface area contributed by atoms with Crippen LogP contribution in [0.25, 0.3) is 10.9 Å². The summed E-state index contributed by atoms with van der Waals surface area (Å²) in [6.07, 6.45) is 1.73. The van der Waals surface area contributed by atoms with E-state index in [1.807, 2.05) is 32.0 Å². The van der Waals surface area contributed by atoms with E-state index in [4.69, 9.17) is 4.84 Å². The lowest BCUT2D eigenvalue weighted by Gasteiger charge is -2.08. The van der Waals surface area contributed by atoms with Gasteiger partial charge >= 0.3 is 0 Å². The van der Waals surface area contributed by atoms with Crippen molar-refractivity contribution in [2.24, 2.45) is 5.92 Å². The highest BCUT2D eigenvalue weighted by Crippen LogP contribution is 2.13. The number of carbonyl (C=O) groups is 1. The van der Waals surface area contributed by atoms with E-state index in [-0.39, 0.29) is 5.91 Å². The Balaban J connectivity index is 2.08. The third-order valence-corrected chi connectivity index (χ3v) is 2.45. The molecule has 0 spiro atoms. The number of hydrogen-bond donors (Lipinski definition) is 1. The summed E-state index contributed by atoms with van der Waals surface area (Å²) in [7, 11) is 0. The highest BCUT2D eigenvalue weighted by Gasteiger charge is 2.06. The Kier molecular flexibility index (Phi) is 3.89. The van der Waals surface area contributed by atoms with Crippen LogP contribution in [0.4, 0.5) is 0 Å². The van der Waals surface area contributed by atoms with Gasteiger partial charge in [0, 0.05) is 17.1 Å². The van der Waals surface area contributed by atoms with Crippen molar-refractivity contribution in [3.8, 4) is 0 Å². The zero-order valence-electron chi connectivity index (χ0n) is 10.5. The van der Waals surface area contributed by atoms with Gasteiger partial charge in [-0.25, -0.2) is 5.48 Å². The lowest BCUT2D eigenvalue weighted by atomic mass is 10.1. The summed E-state index contributed by atoms with van der Waals surface area (Å²) in [5, 5.41) is 0.939. The summed E-state index contributed by atoms with van der Waals surface area (Å²) in [6.45, 7) is 4.54. The van der Waals surface area contributed by atoms with Crippen LogP contribution in [0.5, 0.6) is 0 Å². The third-order valence-electron chi connectivity index (χ3n) is 2.45. The molecule has 2 rings (SSSR count). The first kappa shape index (κ1) is 12.5. The summed E-state index contributed by atoms with van der Waals surface area (Å²) in [4.78, 5) is 21.1. The van der Waals surface area contributed by atoms with Crippen molar-refractivity contribution < 1.29 is 9.63 Å². The molecular formula is C14H16N2O2. The quantitative estimate of drug-likeness (QED) is 0.841. The molecule has 1 aromatic heterocycles. The summed E-state index contributed by atoms with van der Waals surface area (Å²) in [5.41, 5.74) is 3.88. The van der Waals surface area contributed by atoms with Crippen LogP contribution in [-0.4, -0.2) is 17.5 Å². The predicted octanol–water partition coefficient (Wildman–Crippen LogP) is 2.55. The number of amides is 1. The van der Waals surface area contributed by atoms with Gasteiger partial charge in [-0.15, -0.1) is 0 Å². The van der Waals surface area contributed by atoms with Crippen molar-refractivity contribution in [3.63, 3.8) is 0 Å². The van der Waals surface area contributed by atoms with E-state index in [0.29, 0.717) is 18.1 Å². The summed E-state index contributed by atoms with van der Waals surface area (Å²) < 4.78 is 0. The Bertz CT molecular complexity index is 552. The van der Waals surface area contributed by atoms with Crippen molar-refractivity contribution in [1.29, 1.82) is 0 Å². The molecule has 0 saturated heterocycles. The smallest absolute Gasteiger partial charge is 0.273 e. The second-order valence-electron chi connectivity index (χ2n) is 4.55. The van der Waals surface area contributed by atoms with E-state index in [9.17, 15) is 4.79 Å². The largest absolute Gasteiger partial charge is 0.274 e. The molecule has 0 aliphatic carbocycles. The van der Waals surface area contributed by atoms with Crippen molar-refractivity contribution in [2.45, 2.75) is 13.8 Å². The van der Waals surface area contributed by atoms with Crippen LogP contribution >= 0.6 is 0 Å². The number of hydroxylamine groups is 1. The molecule has 0 bridgehead atoms. The average Bonchev–Trinajstić information content (AvgIpc) is 2.37. The normalized spacial score (nSPS) is 10.8. The molecule has 0 unspecified atom stereocenters. The Hall–Kier alpha value is -1.94. The molecule has 4 nitrogen and oxygen atoms in total. The maximum absolute atomic E-state index is 11.8. The van der Waals surface area contributed by atoms with E-state index in [0.717, 1.165) is 10.9 Å². The van der Waals surface area contributed by atoms with Crippen molar-refractivity contribution >= 4 is 16.8 Å². The van der Waals surface area contributed by atoms with Gasteiger partial charge in [-0.05, 0) is 30.2 Å². The van der Waals surface area contributed by atoms with Gasteiger partial charge < -0.3 is 0 Å². The van der Waals surface area contributed by atoms with Gasteiger partial charge in [-0.2, -0.15) is 0 Å². The maximum Gasteiger partial charge on any atom is 0.274 e. The van der Waals surface area contributed by atoms with Gasteiger partial charge in [0.25, 0.3) is 5.91 Å². The van der Waals surface area contributed by atoms with Crippen molar-refractivity contribution in [3.05, 3.63) is 42.1 Å². The summed E-state index contributed by atoms with van der Waals surface area (Å²) in [6, 6.07) is 9.14. The molecule has 0 radical (unpaired) electrons. The number of rotatable bonds is 4. The number of fused-ring (bicyclic) bond motifs is 1. The van der Waals surface area contributed by atoms with E-state index < -0.39 is 0 Å². The third kappa shape index (κ3) is 3.05. The first-order valence-corrected chi connectivity index (χ1v) is 5.94. The molecule has 1 aromatic carbocycles. The van der Waals surface area contributed by atoms with Crippen LogP contribution in [0.3, 0.4) is 0 Å². The topological polar surface area (TPSA) is 51.2 Å². The van der Waals surface area contributed by atoms with Gasteiger partial charge in [0.2, 0.25) is 0 Å².